The monoisotopic (exact) mass is 317 g/mol. The number of hydrogen-bond acceptors (Lipinski definition) is 4. The van der Waals surface area contributed by atoms with E-state index >= 15 is 0 Å². The van der Waals surface area contributed by atoms with E-state index in [9.17, 15) is 9.59 Å². The van der Waals surface area contributed by atoms with E-state index in [2.05, 4.69) is 10.1 Å². The van der Waals surface area contributed by atoms with Gasteiger partial charge in [0.25, 0.3) is 0 Å². The number of aliphatic hydroxyl groups is 1. The van der Waals surface area contributed by atoms with Crippen LogP contribution in [0.3, 0.4) is 0 Å². The summed E-state index contributed by atoms with van der Waals surface area (Å²) < 4.78 is 4.43. The molecule has 5 nitrogen and oxygen atoms in total. The number of methoxy groups -OCH3 is 1. The van der Waals surface area contributed by atoms with Gasteiger partial charge in [0, 0.05) is 16.1 Å². The van der Waals surface area contributed by atoms with Crippen LogP contribution in [0.2, 0.25) is 10.0 Å². The highest BCUT2D eigenvalue weighted by atomic mass is 35.5. The maximum atomic E-state index is 11.6. The molecule has 0 saturated heterocycles. The van der Waals surface area contributed by atoms with E-state index in [0.29, 0.717) is 15.6 Å². The van der Waals surface area contributed by atoms with Crippen LogP contribution in [-0.2, 0) is 14.3 Å². The molecule has 1 atom stereocenters. The molecule has 1 unspecified atom stereocenters. The third-order valence-corrected chi connectivity index (χ3v) is 2.94. The van der Waals surface area contributed by atoms with Crippen LogP contribution in [0.15, 0.2) is 24.3 Å². The Balaban J connectivity index is 2.72. The Morgan fingerprint density at radius 2 is 2.15 bits per heavy atom. The first-order valence-electron chi connectivity index (χ1n) is 5.60. The predicted molar refractivity (Wildman–Crippen MR) is 76.5 cm³/mol. The Hall–Kier alpha value is -1.56. The second-order valence-electron chi connectivity index (χ2n) is 3.77. The Morgan fingerprint density at radius 1 is 1.45 bits per heavy atom. The van der Waals surface area contributed by atoms with E-state index in [1.165, 1.54) is 19.3 Å². The molecule has 0 radical (unpaired) electrons. The lowest BCUT2D eigenvalue weighted by Gasteiger charge is -2.12. The molecule has 0 bridgehead atoms. The van der Waals surface area contributed by atoms with Gasteiger partial charge >= 0.3 is 5.97 Å². The van der Waals surface area contributed by atoms with Crippen LogP contribution in [0.4, 0.5) is 0 Å². The van der Waals surface area contributed by atoms with Crippen molar-refractivity contribution < 1.29 is 19.4 Å². The normalized spacial score (nSPS) is 12.2. The fourth-order valence-electron chi connectivity index (χ4n) is 1.35. The van der Waals surface area contributed by atoms with Crippen molar-refractivity contribution in [3.8, 4) is 0 Å². The summed E-state index contributed by atoms with van der Waals surface area (Å²) >= 11 is 11.7. The Labute approximate surface area is 126 Å². The zero-order chi connectivity index (χ0) is 15.1. The number of aliphatic hydroxyl groups excluding tert-OH is 1. The molecule has 1 amide bonds. The lowest BCUT2D eigenvalue weighted by molar-refractivity contribution is -0.145. The van der Waals surface area contributed by atoms with E-state index < -0.39 is 24.5 Å². The van der Waals surface area contributed by atoms with Crippen molar-refractivity contribution >= 4 is 41.2 Å². The summed E-state index contributed by atoms with van der Waals surface area (Å²) in [6.45, 7) is -0.551. The van der Waals surface area contributed by atoms with Gasteiger partial charge in [-0.25, -0.2) is 4.79 Å². The van der Waals surface area contributed by atoms with E-state index in [4.69, 9.17) is 28.3 Å². The summed E-state index contributed by atoms with van der Waals surface area (Å²) in [5.41, 5.74) is 0.563. The van der Waals surface area contributed by atoms with Crippen LogP contribution in [0.5, 0.6) is 0 Å². The molecule has 0 aliphatic carbocycles. The molecule has 0 spiro atoms. The topological polar surface area (TPSA) is 75.6 Å². The summed E-state index contributed by atoms with van der Waals surface area (Å²) in [5, 5.41) is 12.2. The molecule has 0 aliphatic heterocycles. The standard InChI is InChI=1S/C13H13Cl2NO4/c1-20-13(19)11(7-17)16-12(18)5-2-8-6-9(14)3-4-10(8)15/h2-6,11,17H,7H2,1H3,(H,16,18)/b5-2+. The summed E-state index contributed by atoms with van der Waals surface area (Å²) in [7, 11) is 1.17. The number of benzene rings is 1. The minimum Gasteiger partial charge on any atom is -0.467 e. The Bertz CT molecular complexity index is 531. The summed E-state index contributed by atoms with van der Waals surface area (Å²) in [6, 6.07) is 3.72. The SMILES string of the molecule is COC(=O)C(CO)NC(=O)/C=C/c1cc(Cl)ccc1Cl. The zero-order valence-corrected chi connectivity index (χ0v) is 12.1. The van der Waals surface area contributed by atoms with E-state index in [1.807, 2.05) is 0 Å². The molecule has 0 saturated carbocycles. The van der Waals surface area contributed by atoms with Crippen LogP contribution < -0.4 is 5.32 Å². The molecule has 0 aromatic heterocycles. The quantitative estimate of drug-likeness (QED) is 0.639. The lowest BCUT2D eigenvalue weighted by Crippen LogP contribution is -2.43. The number of nitrogens with one attached hydrogen (secondary N) is 1. The first-order valence-corrected chi connectivity index (χ1v) is 6.36. The van der Waals surface area contributed by atoms with Gasteiger partial charge in [-0.1, -0.05) is 23.2 Å². The molecule has 0 heterocycles. The summed E-state index contributed by atoms with van der Waals surface area (Å²) in [5.74, 6) is -1.29. The number of esters is 1. The van der Waals surface area contributed by atoms with Crippen LogP contribution in [0, 0.1) is 0 Å². The van der Waals surface area contributed by atoms with Crippen LogP contribution in [0.1, 0.15) is 5.56 Å². The maximum absolute atomic E-state index is 11.6. The summed E-state index contributed by atoms with van der Waals surface area (Å²) in [4.78, 5) is 22.8. The van der Waals surface area contributed by atoms with Crippen molar-refractivity contribution in [3.63, 3.8) is 0 Å². The van der Waals surface area contributed by atoms with E-state index in [1.54, 1.807) is 18.2 Å². The molecule has 0 aliphatic rings. The van der Waals surface area contributed by atoms with E-state index in [0.717, 1.165) is 0 Å². The number of carbonyl (C=O) groups is 2. The largest absolute Gasteiger partial charge is 0.467 e. The summed E-state index contributed by atoms with van der Waals surface area (Å²) in [6.07, 6.45) is 2.64. The van der Waals surface area contributed by atoms with Gasteiger partial charge in [-0.15, -0.1) is 0 Å². The first kappa shape index (κ1) is 16.5. The fraction of sp³-hybridized carbons (Fsp3) is 0.231. The third-order valence-electron chi connectivity index (χ3n) is 2.36. The minimum atomic E-state index is -1.10. The number of halogens is 2. The van der Waals surface area contributed by atoms with Gasteiger partial charge in [0.15, 0.2) is 6.04 Å². The molecule has 7 heteroatoms. The number of amides is 1. The highest BCUT2D eigenvalue weighted by molar-refractivity contribution is 6.34. The maximum Gasteiger partial charge on any atom is 0.330 e. The Kier molecular flexibility index (Phi) is 6.51. The van der Waals surface area contributed by atoms with Crippen molar-refractivity contribution in [3.05, 3.63) is 39.9 Å². The van der Waals surface area contributed by atoms with Crippen molar-refractivity contribution in [2.45, 2.75) is 6.04 Å². The second-order valence-corrected chi connectivity index (χ2v) is 4.61. The number of hydrogen-bond donors (Lipinski definition) is 2. The average molecular weight is 318 g/mol. The van der Waals surface area contributed by atoms with Gasteiger partial charge in [0.1, 0.15) is 0 Å². The molecule has 1 aromatic rings. The number of carbonyl (C=O) groups excluding carboxylic acids is 2. The van der Waals surface area contributed by atoms with Gasteiger partial charge in [-0.2, -0.15) is 0 Å². The third kappa shape index (κ3) is 4.85. The fourth-order valence-corrected chi connectivity index (χ4v) is 1.71. The molecule has 20 heavy (non-hydrogen) atoms. The van der Waals surface area contributed by atoms with E-state index in [-0.39, 0.29) is 0 Å². The van der Waals surface area contributed by atoms with Gasteiger partial charge in [0.2, 0.25) is 5.91 Å². The molecule has 1 aromatic carbocycles. The van der Waals surface area contributed by atoms with Crippen molar-refractivity contribution in [2.75, 3.05) is 13.7 Å². The van der Waals surface area contributed by atoms with Crippen molar-refractivity contribution in [1.29, 1.82) is 0 Å². The second kappa shape index (κ2) is 7.89. The molecule has 0 fully saturated rings. The van der Waals surface area contributed by atoms with Crippen molar-refractivity contribution in [1.82, 2.24) is 5.32 Å². The van der Waals surface area contributed by atoms with Gasteiger partial charge < -0.3 is 15.2 Å². The minimum absolute atomic E-state index is 0.435. The first-order chi connectivity index (χ1) is 9.47. The van der Waals surface area contributed by atoms with Gasteiger partial charge in [0.05, 0.1) is 13.7 Å². The van der Waals surface area contributed by atoms with Crippen LogP contribution in [0.25, 0.3) is 6.08 Å². The highest BCUT2D eigenvalue weighted by Crippen LogP contribution is 2.21. The highest BCUT2D eigenvalue weighted by Gasteiger charge is 2.19. The van der Waals surface area contributed by atoms with Gasteiger partial charge in [-0.05, 0) is 29.8 Å². The Morgan fingerprint density at radius 3 is 2.75 bits per heavy atom. The van der Waals surface area contributed by atoms with Crippen LogP contribution in [-0.4, -0.2) is 36.7 Å². The van der Waals surface area contributed by atoms with Crippen LogP contribution >= 0.6 is 23.2 Å². The van der Waals surface area contributed by atoms with Crippen molar-refractivity contribution in [2.24, 2.45) is 0 Å². The predicted octanol–water partition coefficient (Wildman–Crippen LogP) is 1.66. The zero-order valence-electron chi connectivity index (χ0n) is 10.6. The molecular formula is C13H13Cl2NO4. The number of rotatable bonds is 5. The molecular weight excluding hydrogens is 305 g/mol. The number of ether oxygens (including phenoxy) is 1. The lowest BCUT2D eigenvalue weighted by atomic mass is 10.2. The molecule has 2 N–H and O–H groups in total. The van der Waals surface area contributed by atoms with Gasteiger partial charge in [-0.3, -0.25) is 4.79 Å². The smallest absolute Gasteiger partial charge is 0.330 e. The average Bonchev–Trinajstić information content (AvgIpc) is 2.44. The molecule has 108 valence electrons. The molecule has 1 rings (SSSR count).